The van der Waals surface area contributed by atoms with E-state index in [0.29, 0.717) is 11.4 Å². The Morgan fingerprint density at radius 2 is 1.69 bits per heavy atom. The summed E-state index contributed by atoms with van der Waals surface area (Å²) in [4.78, 5) is 19.0. The number of halogens is 3. The van der Waals surface area contributed by atoms with Crippen molar-refractivity contribution in [2.24, 2.45) is 0 Å². The Morgan fingerprint density at radius 1 is 1.04 bits per heavy atom. The molecule has 2 aromatic carbocycles. The van der Waals surface area contributed by atoms with Crippen LogP contribution in [0.2, 0.25) is 0 Å². The highest BCUT2D eigenvalue weighted by atomic mass is 19.4. The zero-order valence-electron chi connectivity index (χ0n) is 13.6. The van der Waals surface area contributed by atoms with Gasteiger partial charge in [0.2, 0.25) is 0 Å². The predicted octanol–water partition coefficient (Wildman–Crippen LogP) is 4.39. The minimum absolute atomic E-state index is 0.0327. The number of alkyl halides is 3. The van der Waals surface area contributed by atoms with Gasteiger partial charge in [-0.25, -0.2) is 4.98 Å². The van der Waals surface area contributed by atoms with Crippen molar-refractivity contribution in [1.29, 1.82) is 0 Å². The third-order valence-corrected chi connectivity index (χ3v) is 3.50. The molecule has 2 N–H and O–H groups in total. The molecule has 0 aliphatic carbocycles. The second-order valence-corrected chi connectivity index (χ2v) is 5.54. The zero-order chi connectivity index (χ0) is 18.7. The summed E-state index contributed by atoms with van der Waals surface area (Å²) in [6.07, 6.45) is -3.24. The number of nitrogens with zero attached hydrogens (tertiary/aromatic N) is 1. The lowest BCUT2D eigenvalue weighted by Crippen LogP contribution is -2.17. The molecule has 1 heterocycles. The van der Waals surface area contributed by atoms with Crippen LogP contribution < -0.4 is 15.6 Å². The van der Waals surface area contributed by atoms with Gasteiger partial charge in [0.05, 0.1) is 11.9 Å². The van der Waals surface area contributed by atoms with Gasteiger partial charge >= 0.3 is 6.36 Å². The van der Waals surface area contributed by atoms with Gasteiger partial charge < -0.3 is 15.0 Å². The fourth-order valence-corrected chi connectivity index (χ4v) is 2.25. The third-order valence-electron chi connectivity index (χ3n) is 3.50. The second kappa shape index (κ2) is 6.91. The van der Waals surface area contributed by atoms with E-state index in [-0.39, 0.29) is 11.6 Å². The van der Waals surface area contributed by atoms with E-state index in [9.17, 15) is 18.0 Å². The topological polar surface area (TPSA) is 67.0 Å². The molecule has 0 spiro atoms. The van der Waals surface area contributed by atoms with E-state index >= 15 is 0 Å². The number of anilines is 2. The molecule has 0 atom stereocenters. The Balaban J connectivity index is 1.76. The SMILES string of the molecule is Cc1ccc(-c2cnc(Nc3ccc(OC(F)(F)F)cc3)c(=O)[nH]2)cc1. The average molecular weight is 361 g/mol. The highest BCUT2D eigenvalue weighted by molar-refractivity contribution is 5.61. The van der Waals surface area contributed by atoms with E-state index in [4.69, 9.17) is 0 Å². The molecule has 3 rings (SSSR count). The van der Waals surface area contributed by atoms with Gasteiger partial charge in [-0.05, 0) is 36.8 Å². The highest BCUT2D eigenvalue weighted by Crippen LogP contribution is 2.24. The molecular formula is C18H14F3N3O2. The number of hydrogen-bond donors (Lipinski definition) is 2. The van der Waals surface area contributed by atoms with E-state index < -0.39 is 11.9 Å². The summed E-state index contributed by atoms with van der Waals surface area (Å²) in [7, 11) is 0. The van der Waals surface area contributed by atoms with Crippen molar-refractivity contribution in [3.8, 4) is 17.0 Å². The van der Waals surface area contributed by atoms with Crippen molar-refractivity contribution in [2.45, 2.75) is 13.3 Å². The van der Waals surface area contributed by atoms with Crippen molar-refractivity contribution in [3.63, 3.8) is 0 Å². The first kappa shape index (κ1) is 17.5. The Bertz CT molecular complexity index is 949. The van der Waals surface area contributed by atoms with Crippen LogP contribution in [0.25, 0.3) is 11.3 Å². The molecule has 3 aromatic rings. The van der Waals surface area contributed by atoms with E-state index in [1.165, 1.54) is 18.3 Å². The predicted molar refractivity (Wildman–Crippen MR) is 91.4 cm³/mol. The van der Waals surface area contributed by atoms with Crippen LogP contribution in [0.15, 0.2) is 59.5 Å². The number of aromatic amines is 1. The Labute approximate surface area is 146 Å². The van der Waals surface area contributed by atoms with Crippen molar-refractivity contribution < 1.29 is 17.9 Å². The quantitative estimate of drug-likeness (QED) is 0.723. The molecule has 8 heteroatoms. The van der Waals surface area contributed by atoms with E-state index in [1.54, 1.807) is 0 Å². The Hall–Kier alpha value is -3.29. The molecule has 26 heavy (non-hydrogen) atoms. The molecule has 0 radical (unpaired) electrons. The van der Waals surface area contributed by atoms with Crippen molar-refractivity contribution in [3.05, 3.63) is 70.6 Å². The Morgan fingerprint density at radius 3 is 2.27 bits per heavy atom. The van der Waals surface area contributed by atoms with Gasteiger partial charge in [0.25, 0.3) is 5.56 Å². The average Bonchev–Trinajstić information content (AvgIpc) is 2.58. The first-order valence-electron chi connectivity index (χ1n) is 7.59. The maximum absolute atomic E-state index is 12.2. The standard InChI is InChI=1S/C18H14F3N3O2/c1-11-2-4-12(5-3-11)15-10-22-16(17(25)24-15)23-13-6-8-14(9-7-13)26-18(19,20)21/h2-10H,1H3,(H,22,23)(H,24,25). The maximum atomic E-state index is 12.2. The van der Waals surface area contributed by atoms with Gasteiger partial charge in [-0.2, -0.15) is 0 Å². The van der Waals surface area contributed by atoms with Crippen molar-refractivity contribution in [1.82, 2.24) is 9.97 Å². The first-order chi connectivity index (χ1) is 12.3. The lowest BCUT2D eigenvalue weighted by molar-refractivity contribution is -0.274. The number of ether oxygens (including phenoxy) is 1. The van der Waals surface area contributed by atoms with E-state index in [0.717, 1.165) is 23.3 Å². The molecule has 0 unspecified atom stereocenters. The molecule has 1 aromatic heterocycles. The molecule has 0 saturated heterocycles. The first-order valence-corrected chi connectivity index (χ1v) is 7.59. The van der Waals surface area contributed by atoms with Crippen molar-refractivity contribution >= 4 is 11.5 Å². The fraction of sp³-hybridized carbons (Fsp3) is 0.111. The van der Waals surface area contributed by atoms with Crippen LogP contribution in [0, 0.1) is 6.92 Å². The minimum atomic E-state index is -4.75. The van der Waals surface area contributed by atoms with Gasteiger partial charge in [-0.3, -0.25) is 4.79 Å². The number of H-pyrrole nitrogens is 1. The molecule has 0 aliphatic rings. The van der Waals surface area contributed by atoms with Crippen LogP contribution in [0.1, 0.15) is 5.56 Å². The third kappa shape index (κ3) is 4.41. The van der Waals surface area contributed by atoms with Crippen LogP contribution in [-0.2, 0) is 0 Å². The number of aromatic nitrogens is 2. The molecule has 0 fully saturated rings. The van der Waals surface area contributed by atoms with Crippen LogP contribution in [0.5, 0.6) is 5.75 Å². The second-order valence-electron chi connectivity index (χ2n) is 5.54. The Kier molecular flexibility index (Phi) is 4.66. The van der Waals surface area contributed by atoms with Gasteiger partial charge in [0, 0.05) is 5.69 Å². The minimum Gasteiger partial charge on any atom is -0.406 e. The molecule has 0 bridgehead atoms. The zero-order valence-corrected chi connectivity index (χ0v) is 13.6. The summed E-state index contributed by atoms with van der Waals surface area (Å²) in [5, 5.41) is 2.76. The summed E-state index contributed by atoms with van der Waals surface area (Å²) in [6.45, 7) is 1.96. The van der Waals surface area contributed by atoms with Crippen LogP contribution in [-0.4, -0.2) is 16.3 Å². The van der Waals surface area contributed by atoms with E-state index in [2.05, 4.69) is 20.0 Å². The summed E-state index contributed by atoms with van der Waals surface area (Å²) in [5.74, 6) is -0.315. The molecule has 5 nitrogen and oxygen atoms in total. The smallest absolute Gasteiger partial charge is 0.406 e. The van der Waals surface area contributed by atoms with Gasteiger partial charge in [0.1, 0.15) is 5.75 Å². The molecule has 0 aliphatic heterocycles. The summed E-state index contributed by atoms with van der Waals surface area (Å²) in [6, 6.07) is 12.6. The van der Waals surface area contributed by atoms with Gasteiger partial charge in [0.15, 0.2) is 5.82 Å². The number of aryl methyl sites for hydroxylation is 1. The van der Waals surface area contributed by atoms with Gasteiger partial charge in [-0.1, -0.05) is 29.8 Å². The summed E-state index contributed by atoms with van der Waals surface area (Å²) >= 11 is 0. The summed E-state index contributed by atoms with van der Waals surface area (Å²) in [5.41, 5.74) is 2.44. The lowest BCUT2D eigenvalue weighted by Gasteiger charge is -2.10. The number of nitrogens with one attached hydrogen (secondary N) is 2. The van der Waals surface area contributed by atoms with Crippen molar-refractivity contribution in [2.75, 3.05) is 5.32 Å². The number of hydrogen-bond acceptors (Lipinski definition) is 4. The lowest BCUT2D eigenvalue weighted by atomic mass is 10.1. The normalized spacial score (nSPS) is 11.2. The monoisotopic (exact) mass is 361 g/mol. The fourth-order valence-electron chi connectivity index (χ4n) is 2.25. The molecule has 0 amide bonds. The molecule has 134 valence electrons. The highest BCUT2D eigenvalue weighted by Gasteiger charge is 2.30. The van der Waals surface area contributed by atoms with Gasteiger partial charge in [-0.15, -0.1) is 13.2 Å². The number of benzene rings is 2. The maximum Gasteiger partial charge on any atom is 0.573 e. The van der Waals surface area contributed by atoms with E-state index in [1.807, 2.05) is 31.2 Å². The summed E-state index contributed by atoms with van der Waals surface area (Å²) < 4.78 is 40.2. The molecule has 0 saturated carbocycles. The van der Waals surface area contributed by atoms with Crippen LogP contribution in [0.4, 0.5) is 24.7 Å². The number of rotatable bonds is 4. The van der Waals surface area contributed by atoms with Crippen LogP contribution >= 0.6 is 0 Å². The largest absolute Gasteiger partial charge is 0.573 e. The molecular weight excluding hydrogens is 347 g/mol. The van der Waals surface area contributed by atoms with Crippen LogP contribution in [0.3, 0.4) is 0 Å².